The number of nitrogens with one attached hydrogen (secondary N) is 2. The Bertz CT molecular complexity index is 1140. The van der Waals surface area contributed by atoms with Gasteiger partial charge >= 0.3 is 0 Å². The van der Waals surface area contributed by atoms with Gasteiger partial charge in [-0.1, -0.05) is 59.7 Å². The summed E-state index contributed by atoms with van der Waals surface area (Å²) in [6, 6.07) is 20.7. The molecule has 3 aromatic rings. The fourth-order valence-electron chi connectivity index (χ4n) is 3.20. The van der Waals surface area contributed by atoms with Crippen LogP contribution in [0.3, 0.4) is 0 Å². The molecule has 7 heteroatoms. The average molecular weight is 453 g/mol. The van der Waals surface area contributed by atoms with E-state index in [1.807, 2.05) is 38.1 Å². The van der Waals surface area contributed by atoms with Gasteiger partial charge in [0.05, 0.1) is 18.0 Å². The van der Waals surface area contributed by atoms with Crippen molar-refractivity contribution in [2.45, 2.75) is 37.8 Å². The highest BCUT2D eigenvalue weighted by Gasteiger charge is 2.24. The van der Waals surface area contributed by atoms with Crippen LogP contribution in [0.15, 0.2) is 77.7 Å². The van der Waals surface area contributed by atoms with Crippen LogP contribution in [-0.4, -0.2) is 21.4 Å². The summed E-state index contributed by atoms with van der Waals surface area (Å²) in [5.74, 6) is 0.399. The summed E-state index contributed by atoms with van der Waals surface area (Å²) >= 11 is 0. The number of methoxy groups -OCH3 is 1. The number of hydrogen-bond acceptors (Lipinski definition) is 4. The van der Waals surface area contributed by atoms with Gasteiger partial charge in [-0.2, -0.15) is 0 Å². The van der Waals surface area contributed by atoms with Gasteiger partial charge in [0.15, 0.2) is 0 Å². The molecule has 0 aliphatic heterocycles. The quantitative estimate of drug-likeness (QED) is 0.513. The molecule has 0 bridgehead atoms. The molecule has 3 aromatic carbocycles. The van der Waals surface area contributed by atoms with E-state index in [0.717, 1.165) is 16.7 Å². The van der Waals surface area contributed by atoms with Crippen molar-refractivity contribution in [2.75, 3.05) is 7.11 Å². The zero-order valence-corrected chi connectivity index (χ0v) is 19.3. The highest BCUT2D eigenvalue weighted by atomic mass is 32.2. The normalized spacial score (nSPS) is 12.2. The summed E-state index contributed by atoms with van der Waals surface area (Å²) in [5.41, 5.74) is 3.76. The van der Waals surface area contributed by atoms with Crippen LogP contribution in [0.1, 0.15) is 34.7 Å². The molecule has 6 nitrogen and oxygen atoms in total. The Morgan fingerprint density at radius 1 is 0.875 bits per heavy atom. The van der Waals surface area contributed by atoms with Crippen LogP contribution in [0, 0.1) is 13.8 Å². The number of carbonyl (C=O) groups excluding carboxylic acids is 1. The lowest BCUT2D eigenvalue weighted by Gasteiger charge is -2.19. The van der Waals surface area contributed by atoms with Crippen molar-refractivity contribution in [3.63, 3.8) is 0 Å². The summed E-state index contributed by atoms with van der Waals surface area (Å²) < 4.78 is 33.8. The van der Waals surface area contributed by atoms with Crippen LogP contribution in [0.4, 0.5) is 0 Å². The SMILES string of the molecule is COc1ccc(C(CC(=O)NCc2ccc(C)cc2)NS(=O)(=O)c2ccc(C)cc2)cc1. The number of hydrogen-bond donors (Lipinski definition) is 2. The molecule has 1 atom stereocenters. The van der Waals surface area contributed by atoms with E-state index in [4.69, 9.17) is 4.74 Å². The maximum atomic E-state index is 13.0. The molecule has 168 valence electrons. The van der Waals surface area contributed by atoms with Crippen LogP contribution in [-0.2, 0) is 21.4 Å². The first-order valence-corrected chi connectivity index (χ1v) is 11.8. The average Bonchev–Trinajstić information content (AvgIpc) is 2.78. The van der Waals surface area contributed by atoms with Crippen molar-refractivity contribution < 1.29 is 17.9 Å². The van der Waals surface area contributed by atoms with Gasteiger partial charge in [0.25, 0.3) is 0 Å². The predicted octanol–water partition coefficient (Wildman–Crippen LogP) is 4.04. The van der Waals surface area contributed by atoms with Crippen molar-refractivity contribution in [1.82, 2.24) is 10.0 Å². The van der Waals surface area contributed by atoms with Crippen LogP contribution in [0.25, 0.3) is 0 Å². The van der Waals surface area contributed by atoms with Crippen LogP contribution in [0.5, 0.6) is 5.75 Å². The highest BCUT2D eigenvalue weighted by Crippen LogP contribution is 2.23. The number of rotatable bonds is 9. The molecule has 0 radical (unpaired) electrons. The van der Waals surface area contributed by atoms with Gasteiger partial charge in [0, 0.05) is 13.0 Å². The fourth-order valence-corrected chi connectivity index (χ4v) is 4.43. The van der Waals surface area contributed by atoms with Gasteiger partial charge < -0.3 is 10.1 Å². The summed E-state index contributed by atoms with van der Waals surface area (Å²) in [5, 5.41) is 2.88. The lowest BCUT2D eigenvalue weighted by molar-refractivity contribution is -0.121. The maximum absolute atomic E-state index is 13.0. The topological polar surface area (TPSA) is 84.5 Å². The Labute approximate surface area is 189 Å². The Balaban J connectivity index is 1.77. The van der Waals surface area contributed by atoms with Gasteiger partial charge in [-0.05, 0) is 49.2 Å². The van der Waals surface area contributed by atoms with Crippen molar-refractivity contribution in [2.24, 2.45) is 0 Å². The molecule has 32 heavy (non-hydrogen) atoms. The molecule has 0 saturated heterocycles. The number of sulfonamides is 1. The molecule has 1 amide bonds. The molecular weight excluding hydrogens is 424 g/mol. The third-order valence-corrected chi connectivity index (χ3v) is 6.63. The number of carbonyl (C=O) groups is 1. The van der Waals surface area contributed by atoms with Crippen LogP contribution >= 0.6 is 0 Å². The molecule has 0 fully saturated rings. The van der Waals surface area contributed by atoms with E-state index in [2.05, 4.69) is 10.0 Å². The third kappa shape index (κ3) is 6.42. The molecule has 0 aliphatic rings. The Morgan fingerprint density at radius 3 is 2.00 bits per heavy atom. The lowest BCUT2D eigenvalue weighted by Crippen LogP contribution is -2.33. The zero-order chi connectivity index (χ0) is 23.1. The van der Waals surface area contributed by atoms with Crippen LogP contribution in [0.2, 0.25) is 0 Å². The summed E-state index contributed by atoms with van der Waals surface area (Å²) in [7, 11) is -2.26. The Kier molecular flexibility index (Phi) is 7.66. The molecule has 1 unspecified atom stereocenters. The molecular formula is C25H28N2O4S. The summed E-state index contributed by atoms with van der Waals surface area (Å²) in [6.45, 7) is 4.27. The largest absolute Gasteiger partial charge is 0.497 e. The zero-order valence-electron chi connectivity index (χ0n) is 18.5. The molecule has 0 saturated carbocycles. The highest BCUT2D eigenvalue weighted by molar-refractivity contribution is 7.89. The number of benzene rings is 3. The molecule has 0 spiro atoms. The van der Waals surface area contributed by atoms with E-state index < -0.39 is 16.1 Å². The molecule has 0 aromatic heterocycles. The summed E-state index contributed by atoms with van der Waals surface area (Å²) in [4.78, 5) is 12.8. The second-order valence-corrected chi connectivity index (χ2v) is 9.44. The molecule has 0 aliphatic carbocycles. The first-order valence-electron chi connectivity index (χ1n) is 10.3. The number of ether oxygens (including phenoxy) is 1. The minimum absolute atomic E-state index is 0.0384. The molecule has 3 rings (SSSR count). The number of aryl methyl sites for hydroxylation is 2. The van der Waals surface area contributed by atoms with E-state index >= 15 is 0 Å². The lowest BCUT2D eigenvalue weighted by atomic mass is 10.0. The van der Waals surface area contributed by atoms with Gasteiger partial charge in [0.1, 0.15) is 5.75 Å². The molecule has 2 N–H and O–H groups in total. The smallest absolute Gasteiger partial charge is 0.241 e. The van der Waals surface area contributed by atoms with Gasteiger partial charge in [-0.25, -0.2) is 13.1 Å². The van der Waals surface area contributed by atoms with Crippen molar-refractivity contribution in [3.05, 3.63) is 95.1 Å². The minimum atomic E-state index is -3.82. The second kappa shape index (κ2) is 10.4. The monoisotopic (exact) mass is 452 g/mol. The number of amides is 1. The standard InChI is InChI=1S/C25H28N2O4S/c1-18-4-8-20(9-5-18)17-26-25(28)16-24(21-10-12-22(31-3)13-11-21)27-32(29,30)23-14-6-19(2)7-15-23/h4-15,24,27H,16-17H2,1-3H3,(H,26,28). The maximum Gasteiger partial charge on any atom is 0.241 e. The van der Waals surface area contributed by atoms with Crippen LogP contribution < -0.4 is 14.8 Å². The van der Waals surface area contributed by atoms with E-state index in [-0.39, 0.29) is 17.2 Å². The Hall–Kier alpha value is -3.16. The predicted molar refractivity (Wildman–Crippen MR) is 125 cm³/mol. The Morgan fingerprint density at radius 2 is 1.44 bits per heavy atom. The van der Waals surface area contributed by atoms with E-state index in [1.54, 1.807) is 55.6 Å². The fraction of sp³-hybridized carbons (Fsp3) is 0.240. The van der Waals surface area contributed by atoms with Crippen molar-refractivity contribution in [3.8, 4) is 5.75 Å². The first-order chi connectivity index (χ1) is 15.3. The summed E-state index contributed by atoms with van der Waals surface area (Å²) in [6.07, 6.45) is -0.0384. The molecule has 0 heterocycles. The van der Waals surface area contributed by atoms with Gasteiger partial charge in [-0.15, -0.1) is 0 Å². The first kappa shape index (κ1) is 23.5. The third-order valence-electron chi connectivity index (χ3n) is 5.15. The van der Waals surface area contributed by atoms with Crippen molar-refractivity contribution >= 4 is 15.9 Å². The second-order valence-electron chi connectivity index (χ2n) is 7.73. The minimum Gasteiger partial charge on any atom is -0.497 e. The van der Waals surface area contributed by atoms with Crippen molar-refractivity contribution in [1.29, 1.82) is 0 Å². The van der Waals surface area contributed by atoms with E-state index in [0.29, 0.717) is 17.9 Å². The van der Waals surface area contributed by atoms with Gasteiger partial charge in [-0.3, -0.25) is 4.79 Å². The van der Waals surface area contributed by atoms with E-state index in [9.17, 15) is 13.2 Å². The van der Waals surface area contributed by atoms with E-state index in [1.165, 1.54) is 0 Å². The van der Waals surface area contributed by atoms with Gasteiger partial charge in [0.2, 0.25) is 15.9 Å².